The molecule has 2 N–H and O–H groups in total. The minimum Gasteiger partial charge on any atom is -0.492 e. The summed E-state index contributed by atoms with van der Waals surface area (Å²) in [7, 11) is 0. The summed E-state index contributed by atoms with van der Waals surface area (Å²) >= 11 is 0. The van der Waals surface area contributed by atoms with Crippen molar-refractivity contribution >= 4 is 11.0 Å². The molecular formula is C16H16N4O. The van der Waals surface area contributed by atoms with E-state index in [0.717, 1.165) is 27.9 Å². The quantitative estimate of drug-likeness (QED) is 0.794. The molecule has 0 aliphatic heterocycles. The van der Waals surface area contributed by atoms with E-state index in [-0.39, 0.29) is 6.04 Å². The zero-order valence-electron chi connectivity index (χ0n) is 11.7. The molecule has 0 aliphatic carbocycles. The standard InChI is InChI=1S/C16H16N4O/c1-2-21-13-7-12(9-18-10-13)16(17)11-3-4-14-15(8-11)20-6-5-19-14/h3-10,16H,2,17H2,1H3. The fraction of sp³-hybridized carbons (Fsp3) is 0.188. The average molecular weight is 280 g/mol. The first kappa shape index (κ1) is 13.5. The van der Waals surface area contributed by atoms with Gasteiger partial charge in [-0.3, -0.25) is 15.0 Å². The highest BCUT2D eigenvalue weighted by molar-refractivity contribution is 5.74. The van der Waals surface area contributed by atoms with E-state index < -0.39 is 0 Å². The van der Waals surface area contributed by atoms with Crippen molar-refractivity contribution in [2.75, 3.05) is 6.61 Å². The summed E-state index contributed by atoms with van der Waals surface area (Å²) < 4.78 is 5.46. The minimum absolute atomic E-state index is 0.274. The molecule has 106 valence electrons. The highest BCUT2D eigenvalue weighted by atomic mass is 16.5. The predicted molar refractivity (Wildman–Crippen MR) is 81.0 cm³/mol. The molecule has 0 amide bonds. The molecule has 0 bridgehead atoms. The Balaban J connectivity index is 1.95. The van der Waals surface area contributed by atoms with E-state index in [1.165, 1.54) is 0 Å². The highest BCUT2D eigenvalue weighted by Crippen LogP contribution is 2.24. The van der Waals surface area contributed by atoms with Crippen molar-refractivity contribution in [2.45, 2.75) is 13.0 Å². The van der Waals surface area contributed by atoms with Crippen LogP contribution in [-0.4, -0.2) is 21.6 Å². The summed E-state index contributed by atoms with van der Waals surface area (Å²) in [6.45, 7) is 2.54. The summed E-state index contributed by atoms with van der Waals surface area (Å²) in [5.74, 6) is 0.728. The van der Waals surface area contributed by atoms with Gasteiger partial charge in [0.2, 0.25) is 0 Å². The second kappa shape index (κ2) is 5.85. The van der Waals surface area contributed by atoms with E-state index in [1.54, 1.807) is 24.8 Å². The second-order valence-electron chi connectivity index (χ2n) is 4.67. The molecule has 5 heteroatoms. The molecular weight excluding hydrogens is 264 g/mol. The zero-order chi connectivity index (χ0) is 14.7. The van der Waals surface area contributed by atoms with Crippen molar-refractivity contribution in [1.29, 1.82) is 0 Å². The topological polar surface area (TPSA) is 73.9 Å². The van der Waals surface area contributed by atoms with Gasteiger partial charge >= 0.3 is 0 Å². The van der Waals surface area contributed by atoms with Gasteiger partial charge in [-0.2, -0.15) is 0 Å². The van der Waals surface area contributed by atoms with Gasteiger partial charge in [0.1, 0.15) is 5.75 Å². The van der Waals surface area contributed by atoms with Crippen LogP contribution in [0.2, 0.25) is 0 Å². The first-order valence-electron chi connectivity index (χ1n) is 6.82. The van der Waals surface area contributed by atoms with Crippen LogP contribution < -0.4 is 10.5 Å². The molecule has 21 heavy (non-hydrogen) atoms. The molecule has 1 atom stereocenters. The third-order valence-corrected chi connectivity index (χ3v) is 3.26. The summed E-state index contributed by atoms with van der Waals surface area (Å²) in [6, 6.07) is 7.50. The normalized spacial score (nSPS) is 12.3. The number of rotatable bonds is 4. The maximum absolute atomic E-state index is 6.33. The Morgan fingerprint density at radius 2 is 1.86 bits per heavy atom. The lowest BCUT2D eigenvalue weighted by atomic mass is 10.0. The molecule has 5 nitrogen and oxygen atoms in total. The maximum Gasteiger partial charge on any atom is 0.137 e. The number of hydrogen-bond donors (Lipinski definition) is 1. The Kier molecular flexibility index (Phi) is 3.75. The number of nitrogens with zero attached hydrogens (tertiary/aromatic N) is 3. The van der Waals surface area contributed by atoms with Crippen LogP contribution in [0.3, 0.4) is 0 Å². The van der Waals surface area contributed by atoms with Gasteiger partial charge in [0.05, 0.1) is 29.9 Å². The van der Waals surface area contributed by atoms with Crippen molar-refractivity contribution in [3.63, 3.8) is 0 Å². The molecule has 1 aromatic carbocycles. The summed E-state index contributed by atoms with van der Waals surface area (Å²) in [5.41, 5.74) is 9.89. The van der Waals surface area contributed by atoms with Crippen LogP contribution >= 0.6 is 0 Å². The molecule has 0 radical (unpaired) electrons. The number of benzene rings is 1. The fourth-order valence-corrected chi connectivity index (χ4v) is 2.22. The monoisotopic (exact) mass is 280 g/mol. The van der Waals surface area contributed by atoms with E-state index >= 15 is 0 Å². The zero-order valence-corrected chi connectivity index (χ0v) is 11.7. The van der Waals surface area contributed by atoms with Crippen LogP contribution in [-0.2, 0) is 0 Å². The number of hydrogen-bond acceptors (Lipinski definition) is 5. The van der Waals surface area contributed by atoms with E-state index in [2.05, 4.69) is 15.0 Å². The fourth-order valence-electron chi connectivity index (χ4n) is 2.22. The number of pyridine rings is 1. The van der Waals surface area contributed by atoms with Crippen LogP contribution in [0.25, 0.3) is 11.0 Å². The number of nitrogens with two attached hydrogens (primary N) is 1. The molecule has 0 spiro atoms. The molecule has 0 fully saturated rings. The summed E-state index contributed by atoms with van der Waals surface area (Å²) in [5, 5.41) is 0. The van der Waals surface area contributed by atoms with Crippen molar-refractivity contribution in [1.82, 2.24) is 15.0 Å². The first-order chi connectivity index (χ1) is 10.3. The summed E-state index contributed by atoms with van der Waals surface area (Å²) in [4.78, 5) is 12.7. The lowest BCUT2D eigenvalue weighted by molar-refractivity contribution is 0.338. The number of ether oxygens (including phenoxy) is 1. The molecule has 0 aliphatic rings. The molecule has 0 saturated heterocycles. The average Bonchev–Trinajstić information content (AvgIpc) is 2.54. The molecule has 1 unspecified atom stereocenters. The minimum atomic E-state index is -0.274. The molecule has 0 saturated carbocycles. The second-order valence-corrected chi connectivity index (χ2v) is 4.67. The van der Waals surface area contributed by atoms with Crippen LogP contribution in [0, 0.1) is 0 Å². The van der Waals surface area contributed by atoms with Crippen LogP contribution in [0.1, 0.15) is 24.1 Å². The number of aromatic nitrogens is 3. The van der Waals surface area contributed by atoms with Crippen molar-refractivity contribution in [3.05, 3.63) is 60.2 Å². The van der Waals surface area contributed by atoms with E-state index in [0.29, 0.717) is 6.61 Å². The third-order valence-electron chi connectivity index (χ3n) is 3.26. The van der Waals surface area contributed by atoms with Gasteiger partial charge in [0.15, 0.2) is 0 Å². The Labute approximate surface area is 122 Å². The Bertz CT molecular complexity index is 760. The van der Waals surface area contributed by atoms with E-state index in [9.17, 15) is 0 Å². The highest BCUT2D eigenvalue weighted by Gasteiger charge is 2.11. The largest absolute Gasteiger partial charge is 0.492 e. The molecule has 3 aromatic rings. The van der Waals surface area contributed by atoms with Crippen LogP contribution in [0.15, 0.2) is 49.1 Å². The van der Waals surface area contributed by atoms with Gasteiger partial charge in [-0.25, -0.2) is 0 Å². The van der Waals surface area contributed by atoms with Crippen LogP contribution in [0.5, 0.6) is 5.75 Å². The van der Waals surface area contributed by atoms with Crippen molar-refractivity contribution < 1.29 is 4.74 Å². The van der Waals surface area contributed by atoms with Crippen molar-refractivity contribution in [2.24, 2.45) is 5.73 Å². The molecule has 2 heterocycles. The maximum atomic E-state index is 6.33. The van der Waals surface area contributed by atoms with Gasteiger partial charge in [-0.15, -0.1) is 0 Å². The lowest BCUT2D eigenvalue weighted by Crippen LogP contribution is -2.12. The summed E-state index contributed by atoms with van der Waals surface area (Å²) in [6.07, 6.45) is 6.80. The smallest absolute Gasteiger partial charge is 0.137 e. The number of fused-ring (bicyclic) bond motifs is 1. The SMILES string of the molecule is CCOc1cncc(C(N)c2ccc3nccnc3c2)c1. The van der Waals surface area contributed by atoms with Gasteiger partial charge in [-0.1, -0.05) is 6.07 Å². The van der Waals surface area contributed by atoms with E-state index in [1.807, 2.05) is 31.2 Å². The van der Waals surface area contributed by atoms with Gasteiger partial charge in [0.25, 0.3) is 0 Å². The molecule has 3 rings (SSSR count). The van der Waals surface area contributed by atoms with Gasteiger partial charge in [0, 0.05) is 18.6 Å². The van der Waals surface area contributed by atoms with Gasteiger partial charge in [-0.05, 0) is 36.2 Å². The Hall–Kier alpha value is -2.53. The van der Waals surface area contributed by atoms with Gasteiger partial charge < -0.3 is 10.5 Å². The Morgan fingerprint density at radius 3 is 2.67 bits per heavy atom. The van der Waals surface area contributed by atoms with Crippen LogP contribution in [0.4, 0.5) is 0 Å². The van der Waals surface area contributed by atoms with E-state index in [4.69, 9.17) is 10.5 Å². The predicted octanol–water partition coefficient (Wildman–Crippen LogP) is 2.47. The first-order valence-corrected chi connectivity index (χ1v) is 6.82. The Morgan fingerprint density at radius 1 is 1.05 bits per heavy atom. The molecule has 2 aromatic heterocycles. The third kappa shape index (κ3) is 2.83. The lowest BCUT2D eigenvalue weighted by Gasteiger charge is -2.13. The van der Waals surface area contributed by atoms with Crippen molar-refractivity contribution in [3.8, 4) is 5.75 Å².